The zero-order valence-electron chi connectivity index (χ0n) is 17.1. The third-order valence-electron chi connectivity index (χ3n) is 4.35. The number of hydrogen-bond acceptors (Lipinski definition) is 6. The molecule has 0 amide bonds. The first-order valence-corrected chi connectivity index (χ1v) is 9.48. The summed E-state index contributed by atoms with van der Waals surface area (Å²) < 4.78 is 33.6. The monoisotopic (exact) mass is 447 g/mol. The van der Waals surface area contributed by atoms with Gasteiger partial charge in [0.05, 0.1) is 17.3 Å². The van der Waals surface area contributed by atoms with Crippen LogP contribution in [0.5, 0.6) is 0 Å². The summed E-state index contributed by atoms with van der Waals surface area (Å²) in [5, 5.41) is 15.9. The van der Waals surface area contributed by atoms with Crippen LogP contribution >= 0.6 is 0 Å². The van der Waals surface area contributed by atoms with Crippen LogP contribution in [0.1, 0.15) is 24.5 Å². The number of rotatable bonds is 5. The number of alkyl halides is 3. The summed E-state index contributed by atoms with van der Waals surface area (Å²) in [5.41, 5.74) is 1.78. The molecule has 0 bridgehead atoms. The minimum atomic E-state index is -5.08. The quantitative estimate of drug-likeness (QED) is 0.426. The Kier molecular flexibility index (Phi) is 6.71. The van der Waals surface area contributed by atoms with Gasteiger partial charge in [0.15, 0.2) is 5.65 Å². The molecule has 0 spiro atoms. The number of H-pyrrole nitrogens is 1. The van der Waals surface area contributed by atoms with Crippen molar-refractivity contribution in [3.63, 3.8) is 0 Å². The maximum atomic E-state index is 10.6. The van der Waals surface area contributed by atoms with Gasteiger partial charge >= 0.3 is 12.1 Å². The SMILES string of the molecule is Cc1nc(NCC(C)c2ncc[nH]2)c2cnn(-c3ccccc3)c2n1.O=C(O)C(F)(F)F. The summed E-state index contributed by atoms with van der Waals surface area (Å²) in [5.74, 6) is -0.0621. The van der Waals surface area contributed by atoms with Crippen molar-refractivity contribution in [3.8, 4) is 5.69 Å². The van der Waals surface area contributed by atoms with Gasteiger partial charge in [-0.25, -0.2) is 24.4 Å². The second-order valence-electron chi connectivity index (χ2n) is 6.81. The molecule has 1 aromatic carbocycles. The number of para-hydroxylation sites is 1. The lowest BCUT2D eigenvalue weighted by Gasteiger charge is -2.12. The summed E-state index contributed by atoms with van der Waals surface area (Å²) in [6.07, 6.45) is 0.327. The van der Waals surface area contributed by atoms with E-state index in [1.54, 1.807) is 6.20 Å². The van der Waals surface area contributed by atoms with Crippen LogP contribution < -0.4 is 5.32 Å². The van der Waals surface area contributed by atoms with Gasteiger partial charge in [-0.15, -0.1) is 0 Å². The van der Waals surface area contributed by atoms with E-state index in [1.807, 2.05) is 54.3 Å². The van der Waals surface area contributed by atoms with Gasteiger partial charge in [-0.2, -0.15) is 18.3 Å². The minimum absolute atomic E-state index is 0.240. The van der Waals surface area contributed by atoms with Gasteiger partial charge in [-0.1, -0.05) is 25.1 Å². The van der Waals surface area contributed by atoms with Crippen molar-refractivity contribution in [1.82, 2.24) is 29.7 Å². The van der Waals surface area contributed by atoms with Gasteiger partial charge in [0, 0.05) is 24.9 Å². The van der Waals surface area contributed by atoms with E-state index in [-0.39, 0.29) is 5.92 Å². The highest BCUT2D eigenvalue weighted by Gasteiger charge is 2.38. The fraction of sp³-hybridized carbons (Fsp3) is 0.250. The molecule has 0 radical (unpaired) electrons. The van der Waals surface area contributed by atoms with E-state index in [9.17, 15) is 13.2 Å². The number of carboxylic acids is 1. The molecular formula is C20H20F3N7O2. The Morgan fingerprint density at radius 1 is 1.25 bits per heavy atom. The lowest BCUT2D eigenvalue weighted by Crippen LogP contribution is -2.21. The van der Waals surface area contributed by atoms with Gasteiger partial charge in [0.1, 0.15) is 17.5 Å². The van der Waals surface area contributed by atoms with Crippen molar-refractivity contribution in [2.24, 2.45) is 0 Å². The molecule has 3 heterocycles. The van der Waals surface area contributed by atoms with Crippen LogP contribution in [0.3, 0.4) is 0 Å². The second kappa shape index (κ2) is 9.45. The highest BCUT2D eigenvalue weighted by molar-refractivity contribution is 5.87. The van der Waals surface area contributed by atoms with E-state index in [0.29, 0.717) is 5.82 Å². The minimum Gasteiger partial charge on any atom is -0.475 e. The number of hydrogen-bond donors (Lipinski definition) is 3. The molecule has 0 saturated heterocycles. The molecule has 0 saturated carbocycles. The molecular weight excluding hydrogens is 427 g/mol. The molecule has 9 nitrogen and oxygen atoms in total. The molecule has 0 aliphatic heterocycles. The maximum absolute atomic E-state index is 10.6. The molecule has 12 heteroatoms. The van der Waals surface area contributed by atoms with E-state index in [4.69, 9.17) is 9.90 Å². The predicted molar refractivity (Wildman–Crippen MR) is 111 cm³/mol. The summed E-state index contributed by atoms with van der Waals surface area (Å²) in [4.78, 5) is 25.5. The zero-order valence-corrected chi connectivity index (χ0v) is 17.1. The van der Waals surface area contributed by atoms with Gasteiger partial charge in [0.25, 0.3) is 0 Å². The number of halogens is 3. The normalized spacial score (nSPS) is 12.2. The van der Waals surface area contributed by atoms with E-state index >= 15 is 0 Å². The Balaban J connectivity index is 0.000000360. The molecule has 4 aromatic rings. The van der Waals surface area contributed by atoms with E-state index in [0.717, 1.165) is 34.9 Å². The van der Waals surface area contributed by atoms with E-state index in [1.165, 1.54) is 0 Å². The van der Waals surface area contributed by atoms with Crippen LogP contribution in [-0.2, 0) is 4.79 Å². The van der Waals surface area contributed by atoms with E-state index in [2.05, 4.69) is 37.3 Å². The smallest absolute Gasteiger partial charge is 0.475 e. The van der Waals surface area contributed by atoms with Crippen molar-refractivity contribution < 1.29 is 23.1 Å². The fourth-order valence-corrected chi connectivity index (χ4v) is 2.80. The molecule has 168 valence electrons. The maximum Gasteiger partial charge on any atom is 0.490 e. The Morgan fingerprint density at radius 2 is 1.94 bits per heavy atom. The van der Waals surface area contributed by atoms with Crippen molar-refractivity contribution in [2.75, 3.05) is 11.9 Å². The number of carbonyl (C=O) groups is 1. The third kappa shape index (κ3) is 5.39. The van der Waals surface area contributed by atoms with Crippen molar-refractivity contribution in [2.45, 2.75) is 25.9 Å². The number of fused-ring (bicyclic) bond motifs is 1. The van der Waals surface area contributed by atoms with Gasteiger partial charge in [-0.3, -0.25) is 0 Å². The van der Waals surface area contributed by atoms with Crippen LogP contribution in [0.2, 0.25) is 0 Å². The molecule has 32 heavy (non-hydrogen) atoms. The highest BCUT2D eigenvalue weighted by atomic mass is 19.4. The largest absolute Gasteiger partial charge is 0.490 e. The first-order chi connectivity index (χ1) is 15.2. The van der Waals surface area contributed by atoms with Crippen LogP contribution in [0.25, 0.3) is 16.7 Å². The number of aryl methyl sites for hydroxylation is 1. The molecule has 0 fully saturated rings. The number of benzene rings is 1. The summed E-state index contributed by atoms with van der Waals surface area (Å²) in [6, 6.07) is 9.98. The van der Waals surface area contributed by atoms with Crippen LogP contribution in [0.15, 0.2) is 48.9 Å². The molecule has 0 aliphatic carbocycles. The third-order valence-corrected chi connectivity index (χ3v) is 4.35. The number of aromatic nitrogens is 6. The average Bonchev–Trinajstić information content (AvgIpc) is 3.42. The first-order valence-electron chi connectivity index (χ1n) is 9.48. The van der Waals surface area contributed by atoms with Gasteiger partial charge in [-0.05, 0) is 19.1 Å². The number of nitrogens with zero attached hydrogens (tertiary/aromatic N) is 5. The Labute approximate surface area is 180 Å². The Bertz CT molecular complexity index is 1180. The number of imidazole rings is 1. The summed E-state index contributed by atoms with van der Waals surface area (Å²) >= 11 is 0. The van der Waals surface area contributed by atoms with Crippen molar-refractivity contribution in [3.05, 3.63) is 60.6 Å². The van der Waals surface area contributed by atoms with Crippen molar-refractivity contribution in [1.29, 1.82) is 0 Å². The van der Waals surface area contributed by atoms with E-state index < -0.39 is 12.1 Å². The fourth-order valence-electron chi connectivity index (χ4n) is 2.80. The number of anilines is 1. The number of carboxylic acid groups (broad SMARTS) is 1. The molecule has 1 atom stereocenters. The lowest BCUT2D eigenvalue weighted by atomic mass is 10.1. The predicted octanol–water partition coefficient (Wildman–Crippen LogP) is 3.70. The zero-order chi connectivity index (χ0) is 23.3. The summed E-state index contributed by atoms with van der Waals surface area (Å²) in [7, 11) is 0. The topological polar surface area (TPSA) is 122 Å². The Hall–Kier alpha value is -3.96. The molecule has 3 aromatic heterocycles. The van der Waals surface area contributed by atoms with Crippen LogP contribution in [0.4, 0.5) is 19.0 Å². The number of nitrogens with one attached hydrogen (secondary N) is 2. The van der Waals surface area contributed by atoms with Crippen LogP contribution in [0, 0.1) is 6.92 Å². The number of aliphatic carboxylic acids is 1. The molecule has 1 unspecified atom stereocenters. The average molecular weight is 447 g/mol. The van der Waals surface area contributed by atoms with Gasteiger partial charge < -0.3 is 15.4 Å². The first kappa shape index (κ1) is 22.7. The van der Waals surface area contributed by atoms with Gasteiger partial charge in [0.2, 0.25) is 0 Å². The lowest BCUT2D eigenvalue weighted by molar-refractivity contribution is -0.192. The second-order valence-corrected chi connectivity index (χ2v) is 6.81. The summed E-state index contributed by atoms with van der Waals surface area (Å²) in [6.45, 7) is 4.73. The molecule has 3 N–H and O–H groups in total. The van der Waals surface area contributed by atoms with Crippen LogP contribution in [-0.4, -0.2) is 53.5 Å². The Morgan fingerprint density at radius 3 is 2.53 bits per heavy atom. The molecule has 4 rings (SSSR count). The molecule has 0 aliphatic rings. The number of aromatic amines is 1. The van der Waals surface area contributed by atoms with Crippen molar-refractivity contribution >= 4 is 22.8 Å². The highest BCUT2D eigenvalue weighted by Crippen LogP contribution is 2.23. The standard InChI is InChI=1S/C18H19N7.C2HF3O2/c1-12(16-19-8-9-20-16)10-21-17-15-11-22-25(14-6-4-3-5-7-14)18(15)24-13(2)23-17;3-2(4,5)1(6)7/h3-9,11-12H,10H2,1-2H3,(H,19,20)(H,21,23,24);(H,6,7).